The van der Waals surface area contributed by atoms with E-state index in [0.717, 1.165) is 51.5 Å². The van der Waals surface area contributed by atoms with Gasteiger partial charge >= 0.3 is 6.03 Å². The maximum Gasteiger partial charge on any atom is 0.320 e. The van der Waals surface area contributed by atoms with Crippen LogP contribution in [-0.2, 0) is 11.3 Å². The number of hydrogen-bond acceptors (Lipinski definition) is 5. The quantitative estimate of drug-likeness (QED) is 0.886. The lowest BCUT2D eigenvalue weighted by Gasteiger charge is -2.36. The first-order chi connectivity index (χ1) is 11.0. The van der Waals surface area contributed by atoms with E-state index in [9.17, 15) is 9.59 Å². The number of nitrogens with one attached hydrogen (secondary N) is 1. The molecule has 0 radical (unpaired) electrons. The molecule has 0 bridgehead atoms. The predicted molar refractivity (Wildman–Crippen MR) is 91.6 cm³/mol. The summed E-state index contributed by atoms with van der Waals surface area (Å²) in [7, 11) is 0. The number of anilines is 1. The van der Waals surface area contributed by atoms with Crippen LogP contribution in [0.3, 0.4) is 0 Å². The van der Waals surface area contributed by atoms with Crippen molar-refractivity contribution in [2.75, 3.05) is 44.6 Å². The fraction of sp³-hybridized carbons (Fsp3) is 0.667. The highest BCUT2D eigenvalue weighted by molar-refractivity contribution is 7.13. The monoisotopic (exact) mass is 339 g/mol. The summed E-state index contributed by atoms with van der Waals surface area (Å²) in [5.74, 6) is -0.102. The molecule has 0 unspecified atom stereocenters. The first-order valence-electron chi connectivity index (χ1n) is 8.01. The molecule has 8 heteroatoms. The van der Waals surface area contributed by atoms with Gasteiger partial charge in [0.25, 0.3) is 0 Å². The molecule has 3 amide bonds. The molecule has 2 rings (SSSR count). The average molecular weight is 339 g/mol. The molecule has 1 N–H and O–H groups in total. The van der Waals surface area contributed by atoms with E-state index in [0.29, 0.717) is 5.13 Å². The maximum atomic E-state index is 12.3. The molecule has 7 nitrogen and oxygen atoms in total. The third-order valence-corrected chi connectivity index (χ3v) is 4.70. The zero-order valence-electron chi connectivity index (χ0n) is 14.0. The number of carbonyl (C=O) groups excluding carboxylic acids is 2. The molecule has 1 aromatic rings. The Kier molecular flexibility index (Phi) is 6.35. The maximum absolute atomic E-state index is 12.3. The molecule has 2 heterocycles. The Morgan fingerprint density at radius 3 is 2.48 bits per heavy atom. The van der Waals surface area contributed by atoms with E-state index in [-0.39, 0.29) is 11.9 Å². The third-order valence-electron chi connectivity index (χ3n) is 3.90. The fourth-order valence-electron chi connectivity index (χ4n) is 2.61. The van der Waals surface area contributed by atoms with Gasteiger partial charge in [0.15, 0.2) is 5.13 Å². The summed E-state index contributed by atoms with van der Waals surface area (Å²) in [6.07, 6.45) is 0. The van der Waals surface area contributed by atoms with Crippen molar-refractivity contribution in [3.8, 4) is 0 Å². The summed E-state index contributed by atoms with van der Waals surface area (Å²) in [5.41, 5.74) is 0.960. The molecular formula is C15H25N5O2S. The summed E-state index contributed by atoms with van der Waals surface area (Å²) in [6.45, 7) is 10.9. The van der Waals surface area contributed by atoms with Gasteiger partial charge in [-0.1, -0.05) is 0 Å². The second kappa shape index (κ2) is 8.26. The molecule has 128 valence electrons. The van der Waals surface area contributed by atoms with Gasteiger partial charge in [0, 0.05) is 58.1 Å². The largest absolute Gasteiger partial charge is 0.325 e. The number of rotatable bonds is 5. The SMILES string of the molecule is CCN(CC)C(=O)N1CCN(Cc2csc(NC(C)=O)n2)CC1. The summed E-state index contributed by atoms with van der Waals surface area (Å²) in [5, 5.41) is 5.31. The number of carbonyl (C=O) groups is 2. The van der Waals surface area contributed by atoms with Crippen LogP contribution in [0.15, 0.2) is 5.38 Å². The van der Waals surface area contributed by atoms with Crippen LogP contribution in [-0.4, -0.2) is 70.9 Å². The number of amides is 3. The molecule has 1 aliphatic rings. The van der Waals surface area contributed by atoms with Crippen LogP contribution in [0.5, 0.6) is 0 Å². The lowest BCUT2D eigenvalue weighted by Crippen LogP contribution is -2.52. The molecule has 23 heavy (non-hydrogen) atoms. The van der Waals surface area contributed by atoms with Gasteiger partial charge in [-0.2, -0.15) is 0 Å². The second-order valence-corrected chi connectivity index (χ2v) is 6.40. The molecule has 0 spiro atoms. The Balaban J connectivity index is 1.81. The minimum absolute atomic E-state index is 0.102. The Morgan fingerprint density at radius 1 is 1.26 bits per heavy atom. The minimum atomic E-state index is -0.102. The smallest absolute Gasteiger partial charge is 0.320 e. The van der Waals surface area contributed by atoms with Crippen LogP contribution in [0.4, 0.5) is 9.93 Å². The second-order valence-electron chi connectivity index (χ2n) is 5.54. The van der Waals surface area contributed by atoms with Crippen molar-refractivity contribution in [1.82, 2.24) is 19.7 Å². The summed E-state index contributed by atoms with van der Waals surface area (Å²) >= 11 is 1.44. The van der Waals surface area contributed by atoms with Crippen molar-refractivity contribution in [1.29, 1.82) is 0 Å². The molecule has 1 aromatic heterocycles. The van der Waals surface area contributed by atoms with Gasteiger partial charge in [0.1, 0.15) is 0 Å². The number of hydrogen-bond donors (Lipinski definition) is 1. The van der Waals surface area contributed by atoms with Gasteiger partial charge in [-0.05, 0) is 13.8 Å². The highest BCUT2D eigenvalue weighted by atomic mass is 32.1. The Bertz CT molecular complexity index is 536. The van der Waals surface area contributed by atoms with Crippen LogP contribution >= 0.6 is 11.3 Å². The zero-order valence-corrected chi connectivity index (χ0v) is 14.9. The Morgan fingerprint density at radius 2 is 1.91 bits per heavy atom. The lowest BCUT2D eigenvalue weighted by molar-refractivity contribution is -0.114. The van der Waals surface area contributed by atoms with Crippen LogP contribution in [0.1, 0.15) is 26.5 Å². The molecular weight excluding hydrogens is 314 g/mol. The Labute approximate surface area is 141 Å². The minimum Gasteiger partial charge on any atom is -0.325 e. The van der Waals surface area contributed by atoms with Crippen molar-refractivity contribution in [3.63, 3.8) is 0 Å². The Hall–Kier alpha value is -1.67. The average Bonchev–Trinajstić information content (AvgIpc) is 2.95. The van der Waals surface area contributed by atoms with Crippen LogP contribution in [0.25, 0.3) is 0 Å². The van der Waals surface area contributed by atoms with Gasteiger partial charge in [0.05, 0.1) is 5.69 Å². The number of nitrogens with zero attached hydrogens (tertiary/aromatic N) is 4. The van der Waals surface area contributed by atoms with Crippen molar-refractivity contribution in [2.24, 2.45) is 0 Å². The zero-order chi connectivity index (χ0) is 16.8. The highest BCUT2D eigenvalue weighted by Gasteiger charge is 2.24. The topological polar surface area (TPSA) is 68.8 Å². The van der Waals surface area contributed by atoms with Gasteiger partial charge in [-0.25, -0.2) is 9.78 Å². The first kappa shape index (κ1) is 17.7. The normalized spacial score (nSPS) is 15.5. The van der Waals surface area contributed by atoms with Gasteiger partial charge in [0.2, 0.25) is 5.91 Å². The van der Waals surface area contributed by atoms with Crippen LogP contribution in [0.2, 0.25) is 0 Å². The number of thiazole rings is 1. The van der Waals surface area contributed by atoms with Crippen molar-refractivity contribution >= 4 is 28.4 Å². The standard InChI is InChI=1S/C15H25N5O2S/c1-4-19(5-2)15(22)20-8-6-18(7-9-20)10-13-11-23-14(17-13)16-12(3)21/h11H,4-10H2,1-3H3,(H,16,17,21). The molecule has 0 aromatic carbocycles. The van der Waals surface area contributed by atoms with Crippen molar-refractivity contribution in [2.45, 2.75) is 27.3 Å². The van der Waals surface area contributed by atoms with Crippen LogP contribution in [0, 0.1) is 0 Å². The van der Waals surface area contributed by atoms with Gasteiger partial charge in [-0.15, -0.1) is 11.3 Å². The van der Waals surface area contributed by atoms with Gasteiger partial charge in [-0.3, -0.25) is 9.69 Å². The van der Waals surface area contributed by atoms with E-state index in [2.05, 4.69) is 15.2 Å². The summed E-state index contributed by atoms with van der Waals surface area (Å²) < 4.78 is 0. The van der Waals surface area contributed by atoms with E-state index in [1.807, 2.05) is 29.0 Å². The number of urea groups is 1. The molecule has 0 saturated carbocycles. The summed E-state index contributed by atoms with van der Waals surface area (Å²) in [4.78, 5) is 33.8. The van der Waals surface area contributed by atoms with E-state index >= 15 is 0 Å². The predicted octanol–water partition coefficient (Wildman–Crippen LogP) is 1.68. The molecule has 0 atom stereocenters. The van der Waals surface area contributed by atoms with Crippen LogP contribution < -0.4 is 5.32 Å². The molecule has 1 aliphatic heterocycles. The molecule has 0 aliphatic carbocycles. The van der Waals surface area contributed by atoms with Crippen molar-refractivity contribution < 1.29 is 9.59 Å². The molecule has 1 saturated heterocycles. The first-order valence-corrected chi connectivity index (χ1v) is 8.89. The van der Waals surface area contributed by atoms with E-state index in [1.165, 1.54) is 18.3 Å². The number of piperazine rings is 1. The van der Waals surface area contributed by atoms with E-state index in [1.54, 1.807) is 0 Å². The highest BCUT2D eigenvalue weighted by Crippen LogP contribution is 2.17. The summed E-state index contributed by atoms with van der Waals surface area (Å²) in [6, 6.07) is 0.135. The third kappa shape index (κ3) is 4.90. The van der Waals surface area contributed by atoms with Gasteiger partial charge < -0.3 is 15.1 Å². The fourth-order valence-corrected chi connectivity index (χ4v) is 3.36. The van der Waals surface area contributed by atoms with E-state index in [4.69, 9.17) is 0 Å². The van der Waals surface area contributed by atoms with E-state index < -0.39 is 0 Å². The molecule has 1 fully saturated rings. The lowest BCUT2D eigenvalue weighted by atomic mass is 10.3. The van der Waals surface area contributed by atoms with Crippen molar-refractivity contribution in [3.05, 3.63) is 11.1 Å². The number of aromatic nitrogens is 1.